The number of carbonyl (C=O) groups excluding carboxylic acids is 1. The molecule has 0 bridgehead atoms. The molecule has 2 aliphatic rings. The Morgan fingerprint density at radius 3 is 2.48 bits per heavy atom. The fourth-order valence-corrected chi connectivity index (χ4v) is 5.67. The van der Waals surface area contributed by atoms with Crippen LogP contribution in [0, 0.1) is 25.7 Å². The predicted octanol–water partition coefficient (Wildman–Crippen LogP) is 4.60. The van der Waals surface area contributed by atoms with Crippen molar-refractivity contribution < 1.29 is 22.7 Å². The maximum absolute atomic E-state index is 14.1. The molecule has 6 rings (SSSR count). The van der Waals surface area contributed by atoms with Gasteiger partial charge in [0.05, 0.1) is 25.0 Å². The smallest absolute Gasteiger partial charge is 0.378 e. The van der Waals surface area contributed by atoms with E-state index in [0.717, 1.165) is 49.2 Å². The highest BCUT2D eigenvalue weighted by Gasteiger charge is 2.34. The summed E-state index contributed by atoms with van der Waals surface area (Å²) in [5, 5.41) is 7.41. The number of alkyl halides is 3. The molecule has 4 heterocycles. The quantitative estimate of drug-likeness (QED) is 0.323. The van der Waals surface area contributed by atoms with E-state index in [0.29, 0.717) is 48.8 Å². The van der Waals surface area contributed by atoms with Crippen molar-refractivity contribution in [3.8, 4) is 11.8 Å². The summed E-state index contributed by atoms with van der Waals surface area (Å²) in [5.74, 6) is 6.60. The molecule has 0 unspecified atom stereocenters. The third-order valence-electron chi connectivity index (χ3n) is 8.60. The molecule has 2 aromatic heterocycles. The number of anilines is 2. The number of fused-ring (bicyclic) bond motifs is 1. The van der Waals surface area contributed by atoms with E-state index in [2.05, 4.69) is 31.9 Å². The van der Waals surface area contributed by atoms with Crippen molar-refractivity contribution in [2.75, 3.05) is 69.7 Å². The lowest BCUT2D eigenvalue weighted by molar-refractivity contribution is -0.138. The molecule has 240 valence electrons. The van der Waals surface area contributed by atoms with E-state index in [1.807, 2.05) is 37.9 Å². The second-order valence-electron chi connectivity index (χ2n) is 11.8. The summed E-state index contributed by atoms with van der Waals surface area (Å²) in [5.41, 5.74) is 3.44. The Morgan fingerprint density at radius 1 is 0.978 bits per heavy atom. The minimum atomic E-state index is -4.55. The fraction of sp³-hybridized carbons (Fsp3) is 0.382. The number of ether oxygens (including phenoxy) is 1. The van der Waals surface area contributed by atoms with Crippen molar-refractivity contribution in [3.05, 3.63) is 87.7 Å². The van der Waals surface area contributed by atoms with Crippen LogP contribution in [0.1, 0.15) is 43.9 Å². The number of rotatable bonds is 5. The number of hydrogen-bond donors (Lipinski definition) is 1. The minimum Gasteiger partial charge on any atom is -0.378 e. The third-order valence-corrected chi connectivity index (χ3v) is 8.60. The standard InChI is InChI=1S/C34H36F3N7O2/c1-23-18-27(33(45)39-28-6-4-26(30(20-28)34(35,36)37)22-42-12-10-41(3)11-13-42)19-25(24(23)2)5-7-29-21-38-31-8-9-32(40-44(29)31)43-14-16-46-17-15-43/h4,6,8-9,18-21H,10-17,22H2,1-3H3,(H,39,45). The number of imidazole rings is 1. The van der Waals surface area contributed by atoms with Gasteiger partial charge in [0.25, 0.3) is 5.91 Å². The van der Waals surface area contributed by atoms with Crippen LogP contribution in [0.5, 0.6) is 0 Å². The zero-order valence-corrected chi connectivity index (χ0v) is 26.1. The molecule has 1 amide bonds. The van der Waals surface area contributed by atoms with Gasteiger partial charge in [0.15, 0.2) is 5.65 Å². The average molecular weight is 632 g/mol. The molecule has 0 aliphatic carbocycles. The van der Waals surface area contributed by atoms with Gasteiger partial charge >= 0.3 is 6.18 Å². The highest BCUT2D eigenvalue weighted by atomic mass is 19.4. The van der Waals surface area contributed by atoms with Gasteiger partial charge in [-0.05, 0) is 79.9 Å². The normalized spacial score (nSPS) is 16.3. The number of halogens is 3. The number of morpholine rings is 1. The molecule has 2 aromatic carbocycles. The largest absolute Gasteiger partial charge is 0.416 e. The molecule has 12 heteroatoms. The molecule has 0 atom stereocenters. The maximum Gasteiger partial charge on any atom is 0.416 e. The predicted molar refractivity (Wildman–Crippen MR) is 170 cm³/mol. The van der Waals surface area contributed by atoms with Crippen molar-refractivity contribution in [2.24, 2.45) is 0 Å². The molecule has 0 spiro atoms. The second-order valence-corrected chi connectivity index (χ2v) is 11.8. The van der Waals surface area contributed by atoms with Crippen molar-refractivity contribution in [3.63, 3.8) is 0 Å². The number of nitrogens with zero attached hydrogens (tertiary/aromatic N) is 6. The first kappa shape index (κ1) is 31.5. The number of piperazine rings is 1. The Kier molecular flexibility index (Phi) is 8.99. The SMILES string of the molecule is Cc1cc(C(=O)Nc2ccc(CN3CCN(C)CC3)c(C(F)(F)F)c2)cc(C#Cc2cnc3ccc(N4CCOCC4)nn23)c1C. The van der Waals surface area contributed by atoms with Crippen molar-refractivity contribution in [1.82, 2.24) is 24.4 Å². The van der Waals surface area contributed by atoms with Gasteiger partial charge in [-0.1, -0.05) is 12.0 Å². The summed E-state index contributed by atoms with van der Waals surface area (Å²) in [6, 6.07) is 11.2. The number of carbonyl (C=O) groups is 1. The van der Waals surface area contributed by atoms with Crippen molar-refractivity contribution in [2.45, 2.75) is 26.6 Å². The van der Waals surface area contributed by atoms with Crippen LogP contribution in [0.4, 0.5) is 24.7 Å². The van der Waals surface area contributed by atoms with E-state index in [-0.39, 0.29) is 17.8 Å². The summed E-state index contributed by atoms with van der Waals surface area (Å²) in [4.78, 5) is 24.1. The number of aryl methyl sites for hydroxylation is 1. The Hall–Kier alpha value is -4.44. The van der Waals surface area contributed by atoms with Crippen LogP contribution in [0.25, 0.3) is 5.65 Å². The summed E-state index contributed by atoms with van der Waals surface area (Å²) in [6.07, 6.45) is -2.90. The molecular formula is C34H36F3N7O2. The second kappa shape index (κ2) is 13.1. The molecule has 4 aromatic rings. The first-order chi connectivity index (χ1) is 22.0. The van der Waals surface area contributed by atoms with Gasteiger partial charge in [-0.3, -0.25) is 9.69 Å². The zero-order valence-electron chi connectivity index (χ0n) is 26.1. The van der Waals surface area contributed by atoms with Crippen LogP contribution < -0.4 is 10.2 Å². The zero-order chi connectivity index (χ0) is 32.4. The van der Waals surface area contributed by atoms with Crippen molar-refractivity contribution in [1.29, 1.82) is 0 Å². The first-order valence-corrected chi connectivity index (χ1v) is 15.3. The van der Waals surface area contributed by atoms with E-state index >= 15 is 0 Å². The van der Waals surface area contributed by atoms with E-state index in [9.17, 15) is 18.0 Å². The number of aromatic nitrogens is 3. The molecule has 9 nitrogen and oxygen atoms in total. The summed E-state index contributed by atoms with van der Waals surface area (Å²) >= 11 is 0. The third kappa shape index (κ3) is 7.02. The maximum atomic E-state index is 14.1. The van der Waals surface area contributed by atoms with Crippen LogP contribution in [-0.4, -0.2) is 89.8 Å². The molecule has 1 N–H and O–H groups in total. The number of hydrogen-bond acceptors (Lipinski definition) is 7. The van der Waals surface area contributed by atoms with Crippen molar-refractivity contribution >= 4 is 23.1 Å². The number of amides is 1. The number of likely N-dealkylation sites (N-methyl/N-ethyl adjacent to an activating group) is 1. The molecule has 2 aliphatic heterocycles. The average Bonchev–Trinajstić information content (AvgIpc) is 3.45. The molecule has 0 radical (unpaired) electrons. The highest BCUT2D eigenvalue weighted by Crippen LogP contribution is 2.35. The molecule has 0 saturated carbocycles. The Balaban J connectivity index is 1.23. The monoisotopic (exact) mass is 631 g/mol. The van der Waals surface area contributed by atoms with E-state index in [4.69, 9.17) is 9.84 Å². The van der Waals surface area contributed by atoms with Crippen LogP contribution in [0.2, 0.25) is 0 Å². The Labute approximate surface area is 265 Å². The summed E-state index contributed by atoms with van der Waals surface area (Å²) < 4.78 is 49.4. The van der Waals surface area contributed by atoms with Gasteiger partial charge in [-0.15, -0.1) is 5.10 Å². The molecule has 2 fully saturated rings. The van der Waals surface area contributed by atoms with Gasteiger partial charge in [0, 0.05) is 62.6 Å². The minimum absolute atomic E-state index is 0.0817. The van der Waals surface area contributed by atoms with E-state index < -0.39 is 17.6 Å². The van der Waals surface area contributed by atoms with Crippen LogP contribution in [0.15, 0.2) is 48.7 Å². The van der Waals surface area contributed by atoms with Gasteiger partial charge in [0.2, 0.25) is 0 Å². The van der Waals surface area contributed by atoms with E-state index in [1.165, 1.54) is 12.1 Å². The van der Waals surface area contributed by atoms with Crippen LogP contribution >= 0.6 is 0 Å². The molecular weight excluding hydrogens is 595 g/mol. The lowest BCUT2D eigenvalue weighted by Crippen LogP contribution is -2.44. The lowest BCUT2D eigenvalue weighted by atomic mass is 9.99. The van der Waals surface area contributed by atoms with Crippen LogP contribution in [-0.2, 0) is 17.5 Å². The first-order valence-electron chi connectivity index (χ1n) is 15.3. The topological polar surface area (TPSA) is 78.2 Å². The number of benzene rings is 2. The van der Waals surface area contributed by atoms with Gasteiger partial charge < -0.3 is 19.9 Å². The van der Waals surface area contributed by atoms with Gasteiger partial charge in [-0.2, -0.15) is 13.2 Å². The highest BCUT2D eigenvalue weighted by molar-refractivity contribution is 6.04. The van der Waals surface area contributed by atoms with Gasteiger partial charge in [0.1, 0.15) is 11.5 Å². The Bertz CT molecular complexity index is 1810. The summed E-state index contributed by atoms with van der Waals surface area (Å²) in [6.45, 7) is 9.80. The lowest BCUT2D eigenvalue weighted by Gasteiger charge is -2.33. The fourth-order valence-electron chi connectivity index (χ4n) is 5.67. The van der Waals surface area contributed by atoms with Crippen LogP contribution in [0.3, 0.4) is 0 Å². The van der Waals surface area contributed by atoms with Gasteiger partial charge in [-0.25, -0.2) is 9.50 Å². The number of nitrogens with one attached hydrogen (secondary N) is 1. The van der Waals surface area contributed by atoms with E-state index in [1.54, 1.807) is 22.8 Å². The molecule has 2 saturated heterocycles. The molecule has 46 heavy (non-hydrogen) atoms. The summed E-state index contributed by atoms with van der Waals surface area (Å²) in [7, 11) is 2.00. The Morgan fingerprint density at radius 2 is 1.74 bits per heavy atom.